The van der Waals surface area contributed by atoms with Crippen LogP contribution in [0.15, 0.2) is 36.4 Å². The molecule has 0 N–H and O–H groups in total. The molecule has 1 aliphatic heterocycles. The molecule has 0 aromatic heterocycles. The largest absolute Gasteiger partial charge is 0.491 e. The van der Waals surface area contributed by atoms with Crippen LogP contribution >= 0.6 is 0 Å². The molecule has 0 unspecified atom stereocenters. The summed E-state index contributed by atoms with van der Waals surface area (Å²) >= 11 is 0. The van der Waals surface area contributed by atoms with Crippen molar-refractivity contribution in [2.45, 2.75) is 59.3 Å². The summed E-state index contributed by atoms with van der Waals surface area (Å²) in [6.07, 6.45) is 6.35. The molecule has 1 saturated heterocycles. The van der Waals surface area contributed by atoms with Crippen LogP contribution in [0.25, 0.3) is 11.1 Å². The number of nitrogens with zero attached hydrogens (tertiary/aromatic N) is 1. The van der Waals surface area contributed by atoms with Gasteiger partial charge in [0.25, 0.3) is 0 Å². The van der Waals surface area contributed by atoms with Gasteiger partial charge in [0.15, 0.2) is 5.78 Å². The summed E-state index contributed by atoms with van der Waals surface area (Å²) in [6, 6.07) is 12.5. The zero-order valence-electron chi connectivity index (χ0n) is 18.3. The second kappa shape index (κ2) is 10.6. The summed E-state index contributed by atoms with van der Waals surface area (Å²) < 4.78 is 6.37. The zero-order valence-corrected chi connectivity index (χ0v) is 18.3. The molecule has 1 aliphatic rings. The molecule has 1 fully saturated rings. The topological polar surface area (TPSA) is 29.5 Å². The predicted molar refractivity (Wildman–Crippen MR) is 121 cm³/mol. The van der Waals surface area contributed by atoms with Gasteiger partial charge in [0.05, 0.1) is 0 Å². The van der Waals surface area contributed by atoms with Gasteiger partial charge >= 0.3 is 0 Å². The Morgan fingerprint density at radius 3 is 2.52 bits per heavy atom. The van der Waals surface area contributed by atoms with Gasteiger partial charge in [-0.2, -0.15) is 0 Å². The molecule has 1 heterocycles. The first-order chi connectivity index (χ1) is 14.1. The number of aryl methyl sites for hydroxylation is 2. The molecular formula is C26H35NO2. The van der Waals surface area contributed by atoms with E-state index in [9.17, 15) is 4.79 Å². The SMILES string of the molecule is CCCC(=O)c1cc(C)c(OCCN2CCCCC2)c(-c2ccccc2CC)c1. The first kappa shape index (κ1) is 21.6. The minimum atomic E-state index is 0.214. The van der Waals surface area contributed by atoms with Crippen LogP contribution in [0, 0.1) is 6.92 Å². The molecule has 3 rings (SSSR count). The lowest BCUT2D eigenvalue weighted by Gasteiger charge is -2.26. The van der Waals surface area contributed by atoms with Crippen molar-refractivity contribution < 1.29 is 9.53 Å². The van der Waals surface area contributed by atoms with Gasteiger partial charge < -0.3 is 4.74 Å². The van der Waals surface area contributed by atoms with Gasteiger partial charge in [-0.1, -0.05) is 44.5 Å². The maximum Gasteiger partial charge on any atom is 0.162 e. The summed E-state index contributed by atoms with van der Waals surface area (Å²) in [5, 5.41) is 0. The number of Topliss-reactive ketones (excluding diaryl/α,β-unsaturated/α-hetero) is 1. The molecule has 0 radical (unpaired) electrons. The molecule has 0 aliphatic carbocycles. The highest BCUT2D eigenvalue weighted by Crippen LogP contribution is 2.37. The standard InChI is InChI=1S/C26H35NO2/c1-4-11-25(28)22-18-20(3)26(29-17-16-27-14-9-6-10-15-27)24(19-22)23-13-8-7-12-21(23)5-2/h7-8,12-13,18-19H,4-6,9-11,14-17H2,1-3H3. The van der Waals surface area contributed by atoms with Crippen LogP contribution < -0.4 is 4.74 Å². The van der Waals surface area contributed by atoms with Gasteiger partial charge in [0, 0.05) is 24.1 Å². The Kier molecular flexibility index (Phi) is 7.88. The third-order valence-electron chi connectivity index (χ3n) is 5.86. The number of hydrogen-bond acceptors (Lipinski definition) is 3. The quantitative estimate of drug-likeness (QED) is 0.484. The van der Waals surface area contributed by atoms with Crippen LogP contribution in [0.1, 0.15) is 67.4 Å². The lowest BCUT2D eigenvalue weighted by Crippen LogP contribution is -2.33. The normalized spacial score (nSPS) is 14.7. The molecule has 0 spiro atoms. The van der Waals surface area contributed by atoms with Crippen molar-refractivity contribution in [3.63, 3.8) is 0 Å². The number of benzene rings is 2. The van der Waals surface area contributed by atoms with Crippen molar-refractivity contribution in [3.8, 4) is 16.9 Å². The summed E-state index contributed by atoms with van der Waals surface area (Å²) in [7, 11) is 0. The molecule has 156 valence electrons. The van der Waals surface area contributed by atoms with Gasteiger partial charge in [-0.25, -0.2) is 0 Å². The highest BCUT2D eigenvalue weighted by atomic mass is 16.5. The minimum absolute atomic E-state index is 0.214. The average Bonchev–Trinajstić information content (AvgIpc) is 2.75. The second-order valence-electron chi connectivity index (χ2n) is 8.10. The maximum atomic E-state index is 12.6. The van der Waals surface area contributed by atoms with Crippen LogP contribution in [-0.2, 0) is 6.42 Å². The molecule has 3 nitrogen and oxygen atoms in total. The van der Waals surface area contributed by atoms with Crippen molar-refractivity contribution >= 4 is 5.78 Å². The number of rotatable bonds is 9. The molecule has 3 heteroatoms. The molecule has 2 aromatic carbocycles. The Morgan fingerprint density at radius 2 is 1.79 bits per heavy atom. The molecule has 29 heavy (non-hydrogen) atoms. The first-order valence-corrected chi connectivity index (χ1v) is 11.2. The van der Waals surface area contributed by atoms with Gasteiger partial charge in [-0.15, -0.1) is 0 Å². The fourth-order valence-electron chi connectivity index (χ4n) is 4.25. The van der Waals surface area contributed by atoms with E-state index in [4.69, 9.17) is 4.74 Å². The Labute approximate surface area is 176 Å². The van der Waals surface area contributed by atoms with E-state index in [0.29, 0.717) is 13.0 Å². The molecule has 0 amide bonds. The first-order valence-electron chi connectivity index (χ1n) is 11.2. The average molecular weight is 394 g/mol. The van der Waals surface area contributed by atoms with Gasteiger partial charge in [0.1, 0.15) is 12.4 Å². The third kappa shape index (κ3) is 5.48. The summed E-state index contributed by atoms with van der Waals surface area (Å²) in [5.41, 5.74) is 5.37. The maximum absolute atomic E-state index is 12.6. The van der Waals surface area contributed by atoms with Crippen LogP contribution in [-0.4, -0.2) is 36.9 Å². The van der Waals surface area contributed by atoms with Gasteiger partial charge in [0.2, 0.25) is 0 Å². The smallest absolute Gasteiger partial charge is 0.162 e. The lowest BCUT2D eigenvalue weighted by atomic mass is 9.92. The van der Waals surface area contributed by atoms with Crippen LogP contribution in [0.4, 0.5) is 0 Å². The minimum Gasteiger partial charge on any atom is -0.491 e. The van der Waals surface area contributed by atoms with E-state index >= 15 is 0 Å². The van der Waals surface area contributed by atoms with E-state index in [-0.39, 0.29) is 5.78 Å². The summed E-state index contributed by atoms with van der Waals surface area (Å²) in [6.45, 7) is 10.3. The molecular weight excluding hydrogens is 358 g/mol. The van der Waals surface area contributed by atoms with E-state index in [1.807, 2.05) is 6.07 Å². The Morgan fingerprint density at radius 1 is 1.03 bits per heavy atom. The van der Waals surface area contributed by atoms with Crippen molar-refractivity contribution in [2.24, 2.45) is 0 Å². The van der Waals surface area contributed by atoms with Crippen LogP contribution in [0.2, 0.25) is 0 Å². The number of likely N-dealkylation sites (tertiary alicyclic amines) is 1. The van der Waals surface area contributed by atoms with E-state index in [0.717, 1.165) is 41.8 Å². The molecule has 0 saturated carbocycles. The number of carbonyl (C=O) groups excluding carboxylic acids is 1. The predicted octanol–water partition coefficient (Wildman–Crippen LogP) is 6.07. The van der Waals surface area contributed by atoms with Crippen molar-refractivity contribution in [3.05, 3.63) is 53.1 Å². The molecule has 2 aromatic rings. The Balaban J connectivity index is 1.91. The Hall–Kier alpha value is -2.13. The number of hydrogen-bond donors (Lipinski definition) is 0. The monoisotopic (exact) mass is 393 g/mol. The fourth-order valence-corrected chi connectivity index (χ4v) is 4.25. The number of ether oxygens (including phenoxy) is 1. The third-order valence-corrected chi connectivity index (χ3v) is 5.86. The van der Waals surface area contributed by atoms with Crippen molar-refractivity contribution in [1.82, 2.24) is 4.90 Å². The highest BCUT2D eigenvalue weighted by molar-refractivity contribution is 5.98. The Bertz CT molecular complexity index is 821. The van der Waals surface area contributed by atoms with E-state index < -0.39 is 0 Å². The van der Waals surface area contributed by atoms with Crippen LogP contribution in [0.3, 0.4) is 0 Å². The van der Waals surface area contributed by atoms with Crippen molar-refractivity contribution in [2.75, 3.05) is 26.2 Å². The fraction of sp³-hybridized carbons (Fsp3) is 0.500. The van der Waals surface area contributed by atoms with E-state index in [1.165, 1.54) is 43.5 Å². The van der Waals surface area contributed by atoms with E-state index in [2.05, 4.69) is 56.0 Å². The second-order valence-corrected chi connectivity index (χ2v) is 8.10. The number of ketones is 1. The zero-order chi connectivity index (χ0) is 20.6. The van der Waals surface area contributed by atoms with Crippen LogP contribution in [0.5, 0.6) is 5.75 Å². The molecule has 0 bridgehead atoms. The lowest BCUT2D eigenvalue weighted by molar-refractivity contribution is 0.0981. The summed E-state index contributed by atoms with van der Waals surface area (Å²) in [5.74, 6) is 1.14. The van der Waals surface area contributed by atoms with Gasteiger partial charge in [-0.05, 0) is 74.5 Å². The highest BCUT2D eigenvalue weighted by Gasteiger charge is 2.17. The van der Waals surface area contributed by atoms with Gasteiger partial charge in [-0.3, -0.25) is 9.69 Å². The summed E-state index contributed by atoms with van der Waals surface area (Å²) in [4.78, 5) is 15.1. The van der Waals surface area contributed by atoms with Crippen molar-refractivity contribution in [1.29, 1.82) is 0 Å². The number of carbonyl (C=O) groups is 1. The number of piperidine rings is 1. The molecule has 0 atom stereocenters. The van der Waals surface area contributed by atoms with E-state index in [1.54, 1.807) is 0 Å².